The first-order valence-electron chi connectivity index (χ1n) is 7.59. The molecule has 2 heterocycles. The molecular formula is C17H27NO2. The van der Waals surface area contributed by atoms with Crippen LogP contribution in [0.5, 0.6) is 0 Å². The van der Waals surface area contributed by atoms with Gasteiger partial charge in [0.05, 0.1) is 5.60 Å². The van der Waals surface area contributed by atoms with Gasteiger partial charge in [0.15, 0.2) is 6.29 Å². The Bertz CT molecular complexity index is 408. The Kier molecular flexibility index (Phi) is 4.82. The van der Waals surface area contributed by atoms with Crippen molar-refractivity contribution in [1.29, 1.82) is 0 Å². The average Bonchev–Trinajstić information content (AvgIpc) is 2.39. The van der Waals surface area contributed by atoms with Crippen molar-refractivity contribution in [3.8, 4) is 0 Å². The second-order valence-corrected chi connectivity index (χ2v) is 6.98. The molecule has 0 amide bonds. The fourth-order valence-electron chi connectivity index (χ4n) is 3.13. The Hall–Kier alpha value is -0.930. The van der Waals surface area contributed by atoms with Gasteiger partial charge >= 0.3 is 0 Å². The number of nitrogens with zero attached hydrogens (tertiary/aromatic N) is 1. The first kappa shape index (κ1) is 15.5. The zero-order chi connectivity index (χ0) is 14.6. The second-order valence-electron chi connectivity index (χ2n) is 6.98. The fourth-order valence-corrected chi connectivity index (χ4v) is 3.13. The van der Waals surface area contributed by atoms with Crippen molar-refractivity contribution >= 4 is 0 Å². The van der Waals surface area contributed by atoms with Crippen LogP contribution in [0.4, 0.5) is 0 Å². The van der Waals surface area contributed by atoms with Gasteiger partial charge in [0.2, 0.25) is 0 Å². The highest BCUT2D eigenvalue weighted by Crippen LogP contribution is 2.35. The summed E-state index contributed by atoms with van der Waals surface area (Å²) in [6.45, 7) is 9.63. The standard InChI is InChI=1S/C17H27NO2/c1-16(2,14-8-7-10-18-12-14)13-17(3,4)20-15-9-5-6-11-19-15/h7-8,10,12,15H,5-6,9,11,13H2,1-4H3. The lowest BCUT2D eigenvalue weighted by atomic mass is 9.77. The van der Waals surface area contributed by atoms with Crippen molar-refractivity contribution in [2.75, 3.05) is 6.61 Å². The largest absolute Gasteiger partial charge is 0.353 e. The topological polar surface area (TPSA) is 31.4 Å². The number of hydrogen-bond acceptors (Lipinski definition) is 3. The molecule has 0 spiro atoms. The van der Waals surface area contributed by atoms with Crippen molar-refractivity contribution in [2.24, 2.45) is 0 Å². The zero-order valence-corrected chi connectivity index (χ0v) is 13.2. The summed E-state index contributed by atoms with van der Waals surface area (Å²) in [6.07, 6.45) is 8.03. The van der Waals surface area contributed by atoms with E-state index in [4.69, 9.17) is 9.47 Å². The molecule has 0 bridgehead atoms. The second kappa shape index (κ2) is 6.23. The van der Waals surface area contributed by atoms with Gasteiger partial charge in [-0.2, -0.15) is 0 Å². The molecule has 3 heteroatoms. The van der Waals surface area contributed by atoms with Crippen LogP contribution in [-0.2, 0) is 14.9 Å². The van der Waals surface area contributed by atoms with E-state index in [0.29, 0.717) is 0 Å². The lowest BCUT2D eigenvalue weighted by Gasteiger charge is -2.38. The van der Waals surface area contributed by atoms with Gasteiger partial charge in [-0.25, -0.2) is 0 Å². The molecule has 3 nitrogen and oxygen atoms in total. The van der Waals surface area contributed by atoms with Crippen LogP contribution < -0.4 is 0 Å². The predicted octanol–water partition coefficient (Wildman–Crippen LogP) is 4.07. The van der Waals surface area contributed by atoms with E-state index in [2.05, 4.69) is 38.7 Å². The van der Waals surface area contributed by atoms with E-state index in [1.54, 1.807) is 0 Å². The van der Waals surface area contributed by atoms with E-state index in [1.807, 2.05) is 18.5 Å². The third-order valence-electron chi connectivity index (χ3n) is 3.90. The maximum Gasteiger partial charge on any atom is 0.158 e. The van der Waals surface area contributed by atoms with Crippen LogP contribution in [0.1, 0.15) is 58.9 Å². The van der Waals surface area contributed by atoms with E-state index >= 15 is 0 Å². The summed E-state index contributed by atoms with van der Waals surface area (Å²) in [5, 5.41) is 0. The van der Waals surface area contributed by atoms with Crippen molar-refractivity contribution in [3.63, 3.8) is 0 Å². The van der Waals surface area contributed by atoms with Crippen LogP contribution in [0.3, 0.4) is 0 Å². The van der Waals surface area contributed by atoms with Gasteiger partial charge in [-0.05, 0) is 56.6 Å². The molecule has 1 aliphatic heterocycles. The molecule has 0 N–H and O–H groups in total. The maximum absolute atomic E-state index is 6.19. The molecule has 1 aromatic rings. The minimum absolute atomic E-state index is 0.0342. The molecule has 1 atom stereocenters. The van der Waals surface area contributed by atoms with E-state index in [1.165, 1.54) is 12.0 Å². The highest BCUT2D eigenvalue weighted by atomic mass is 16.7. The molecule has 1 fully saturated rings. The number of ether oxygens (including phenoxy) is 2. The van der Waals surface area contributed by atoms with E-state index in [0.717, 1.165) is 25.9 Å². The summed E-state index contributed by atoms with van der Waals surface area (Å²) in [7, 11) is 0. The number of hydrogen-bond donors (Lipinski definition) is 0. The van der Waals surface area contributed by atoms with Gasteiger partial charge in [0.1, 0.15) is 0 Å². The summed E-state index contributed by atoms with van der Waals surface area (Å²) in [5.74, 6) is 0. The zero-order valence-electron chi connectivity index (χ0n) is 13.2. The predicted molar refractivity (Wildman–Crippen MR) is 80.6 cm³/mol. The maximum atomic E-state index is 6.19. The van der Waals surface area contributed by atoms with Crippen molar-refractivity contribution in [2.45, 2.75) is 70.7 Å². The van der Waals surface area contributed by atoms with Crippen LogP contribution in [-0.4, -0.2) is 23.5 Å². The van der Waals surface area contributed by atoms with Crippen molar-refractivity contribution in [3.05, 3.63) is 30.1 Å². The molecular weight excluding hydrogens is 250 g/mol. The molecule has 0 radical (unpaired) electrons. The van der Waals surface area contributed by atoms with Crippen LogP contribution in [0.2, 0.25) is 0 Å². The molecule has 0 saturated carbocycles. The highest BCUT2D eigenvalue weighted by Gasteiger charge is 2.33. The first-order valence-corrected chi connectivity index (χ1v) is 7.59. The van der Waals surface area contributed by atoms with E-state index in [-0.39, 0.29) is 17.3 Å². The van der Waals surface area contributed by atoms with E-state index < -0.39 is 0 Å². The highest BCUT2D eigenvalue weighted by molar-refractivity contribution is 5.20. The summed E-state index contributed by atoms with van der Waals surface area (Å²) in [6, 6.07) is 4.13. The van der Waals surface area contributed by atoms with Gasteiger partial charge in [0, 0.05) is 19.0 Å². The minimum Gasteiger partial charge on any atom is -0.353 e. The molecule has 1 saturated heterocycles. The number of pyridine rings is 1. The first-order chi connectivity index (χ1) is 9.39. The van der Waals surface area contributed by atoms with Gasteiger partial charge in [-0.3, -0.25) is 4.98 Å². The van der Waals surface area contributed by atoms with Crippen LogP contribution >= 0.6 is 0 Å². The fraction of sp³-hybridized carbons (Fsp3) is 0.706. The normalized spacial score (nSPS) is 20.9. The van der Waals surface area contributed by atoms with Gasteiger partial charge in [0.25, 0.3) is 0 Å². The summed E-state index contributed by atoms with van der Waals surface area (Å²) in [5.41, 5.74) is 1.08. The lowest BCUT2D eigenvalue weighted by molar-refractivity contribution is -0.219. The Balaban J connectivity index is 1.99. The summed E-state index contributed by atoms with van der Waals surface area (Å²) >= 11 is 0. The Morgan fingerprint density at radius 2 is 2.10 bits per heavy atom. The monoisotopic (exact) mass is 277 g/mol. The van der Waals surface area contributed by atoms with Crippen LogP contribution in [0, 0.1) is 0 Å². The van der Waals surface area contributed by atoms with Gasteiger partial charge in [-0.1, -0.05) is 19.9 Å². The average molecular weight is 277 g/mol. The smallest absolute Gasteiger partial charge is 0.158 e. The molecule has 1 unspecified atom stereocenters. The molecule has 2 rings (SSSR count). The molecule has 1 aromatic heterocycles. The summed E-state index contributed by atoms with van der Waals surface area (Å²) in [4.78, 5) is 4.23. The van der Waals surface area contributed by atoms with Gasteiger partial charge in [-0.15, -0.1) is 0 Å². The number of rotatable bonds is 5. The molecule has 112 valence electrons. The third kappa shape index (κ3) is 4.29. The molecule has 0 aromatic carbocycles. The minimum atomic E-state index is -0.207. The van der Waals surface area contributed by atoms with Crippen LogP contribution in [0.15, 0.2) is 24.5 Å². The molecule has 0 aliphatic carbocycles. The molecule has 1 aliphatic rings. The van der Waals surface area contributed by atoms with Gasteiger partial charge < -0.3 is 9.47 Å². The molecule has 20 heavy (non-hydrogen) atoms. The quantitative estimate of drug-likeness (QED) is 0.813. The Labute approximate surface area is 122 Å². The Morgan fingerprint density at radius 3 is 2.70 bits per heavy atom. The SMILES string of the molecule is CC(C)(CC(C)(C)c1cccnc1)OC1CCCCO1. The van der Waals surface area contributed by atoms with Crippen molar-refractivity contribution in [1.82, 2.24) is 4.98 Å². The Morgan fingerprint density at radius 1 is 1.30 bits per heavy atom. The third-order valence-corrected chi connectivity index (χ3v) is 3.90. The van der Waals surface area contributed by atoms with E-state index in [9.17, 15) is 0 Å². The van der Waals surface area contributed by atoms with Crippen LogP contribution in [0.25, 0.3) is 0 Å². The lowest BCUT2D eigenvalue weighted by Crippen LogP contribution is -2.39. The number of aromatic nitrogens is 1. The van der Waals surface area contributed by atoms with Crippen molar-refractivity contribution < 1.29 is 9.47 Å². The summed E-state index contributed by atoms with van der Waals surface area (Å²) < 4.78 is 11.9.